The maximum Gasteiger partial charge on any atom is 0.185 e. The molecule has 0 radical (unpaired) electrons. The van der Waals surface area contributed by atoms with Gasteiger partial charge in [-0.2, -0.15) is 0 Å². The minimum absolute atomic E-state index is 0.0812. The van der Waals surface area contributed by atoms with E-state index in [0.717, 1.165) is 6.08 Å². The standard InChI is InChI=1S/C17H14F3N/c1-4-12-13(10(2)3)15(19)17(16(20)14(12)18)21-11-8-6-5-7-9-11/h4-9,21H,1-2H2,3H3. The SMILES string of the molecule is C=Cc1c(F)c(F)c(Nc2ccccc2)c(F)c1C(=C)C. The minimum atomic E-state index is -1.28. The summed E-state index contributed by atoms with van der Waals surface area (Å²) in [5.41, 5.74) is -0.105. The third kappa shape index (κ3) is 2.70. The van der Waals surface area contributed by atoms with Gasteiger partial charge in [-0.05, 0) is 24.6 Å². The molecule has 0 saturated carbocycles. The van der Waals surface area contributed by atoms with Crippen LogP contribution in [0.3, 0.4) is 0 Å². The van der Waals surface area contributed by atoms with Crippen LogP contribution in [0.4, 0.5) is 24.5 Å². The molecule has 2 aromatic rings. The van der Waals surface area contributed by atoms with Crippen LogP contribution in [0, 0.1) is 17.5 Å². The van der Waals surface area contributed by atoms with E-state index in [9.17, 15) is 13.2 Å². The van der Waals surface area contributed by atoms with Gasteiger partial charge in [-0.15, -0.1) is 0 Å². The smallest absolute Gasteiger partial charge is 0.185 e. The molecule has 2 aromatic carbocycles. The molecule has 108 valence electrons. The Balaban J connectivity index is 2.67. The van der Waals surface area contributed by atoms with Gasteiger partial charge in [-0.1, -0.05) is 37.4 Å². The van der Waals surface area contributed by atoms with Crippen molar-refractivity contribution in [2.24, 2.45) is 0 Å². The maximum absolute atomic E-state index is 14.5. The molecule has 0 aliphatic carbocycles. The third-order valence-electron chi connectivity index (χ3n) is 3.03. The van der Waals surface area contributed by atoms with Crippen LogP contribution < -0.4 is 5.32 Å². The molecule has 0 spiro atoms. The Kier molecular flexibility index (Phi) is 4.17. The summed E-state index contributed by atoms with van der Waals surface area (Å²) in [5.74, 6) is -3.32. The summed E-state index contributed by atoms with van der Waals surface area (Å²) in [7, 11) is 0. The van der Waals surface area contributed by atoms with Crippen molar-refractivity contribution in [3.63, 3.8) is 0 Å². The second-order valence-electron chi connectivity index (χ2n) is 4.58. The number of nitrogens with one attached hydrogen (secondary N) is 1. The van der Waals surface area contributed by atoms with E-state index < -0.39 is 23.1 Å². The fraction of sp³-hybridized carbons (Fsp3) is 0.0588. The number of hydrogen-bond acceptors (Lipinski definition) is 1. The van der Waals surface area contributed by atoms with E-state index in [1.165, 1.54) is 6.92 Å². The molecule has 0 fully saturated rings. The first-order chi connectivity index (χ1) is 9.97. The van der Waals surface area contributed by atoms with Crippen LogP contribution in [0.5, 0.6) is 0 Å². The highest BCUT2D eigenvalue weighted by Gasteiger charge is 2.23. The zero-order chi connectivity index (χ0) is 15.6. The number of hydrogen-bond donors (Lipinski definition) is 1. The topological polar surface area (TPSA) is 12.0 Å². The van der Waals surface area contributed by atoms with Gasteiger partial charge in [-0.3, -0.25) is 0 Å². The van der Waals surface area contributed by atoms with Crippen molar-refractivity contribution in [1.82, 2.24) is 0 Å². The number of halogens is 3. The van der Waals surface area contributed by atoms with E-state index in [1.807, 2.05) is 0 Å². The molecule has 0 aromatic heterocycles. The molecule has 0 atom stereocenters. The molecule has 1 nitrogen and oxygen atoms in total. The van der Waals surface area contributed by atoms with Crippen LogP contribution in [-0.2, 0) is 0 Å². The Morgan fingerprint density at radius 2 is 1.67 bits per heavy atom. The average Bonchev–Trinajstić information content (AvgIpc) is 2.47. The molecule has 0 heterocycles. The van der Waals surface area contributed by atoms with E-state index in [1.54, 1.807) is 30.3 Å². The molecule has 0 bridgehead atoms. The molecule has 0 unspecified atom stereocenters. The largest absolute Gasteiger partial charge is 0.351 e. The highest BCUT2D eigenvalue weighted by atomic mass is 19.2. The Labute approximate surface area is 121 Å². The van der Waals surface area contributed by atoms with Gasteiger partial charge in [0, 0.05) is 16.8 Å². The van der Waals surface area contributed by atoms with E-state index in [-0.39, 0.29) is 16.7 Å². The van der Waals surface area contributed by atoms with Crippen LogP contribution in [0.15, 0.2) is 43.5 Å². The van der Waals surface area contributed by atoms with Crippen molar-refractivity contribution in [2.75, 3.05) is 5.32 Å². The first kappa shape index (κ1) is 14.9. The summed E-state index contributed by atoms with van der Waals surface area (Å²) in [6.45, 7) is 8.53. The summed E-state index contributed by atoms with van der Waals surface area (Å²) in [5, 5.41) is 2.56. The van der Waals surface area contributed by atoms with Crippen molar-refractivity contribution < 1.29 is 13.2 Å². The van der Waals surface area contributed by atoms with Crippen LogP contribution in [0.25, 0.3) is 11.6 Å². The Hall–Kier alpha value is -2.49. The van der Waals surface area contributed by atoms with E-state index >= 15 is 0 Å². The monoisotopic (exact) mass is 289 g/mol. The van der Waals surface area contributed by atoms with Gasteiger partial charge in [0.1, 0.15) is 5.69 Å². The van der Waals surface area contributed by atoms with Crippen molar-refractivity contribution in [2.45, 2.75) is 6.92 Å². The van der Waals surface area contributed by atoms with E-state index in [4.69, 9.17) is 0 Å². The summed E-state index contributed by atoms with van der Waals surface area (Å²) >= 11 is 0. The Morgan fingerprint density at radius 3 is 2.19 bits per heavy atom. The third-order valence-corrected chi connectivity index (χ3v) is 3.03. The molecule has 0 aliphatic heterocycles. The van der Waals surface area contributed by atoms with Gasteiger partial charge in [-0.25, -0.2) is 13.2 Å². The minimum Gasteiger partial charge on any atom is -0.351 e. The van der Waals surface area contributed by atoms with Gasteiger partial charge in [0.15, 0.2) is 17.5 Å². The van der Waals surface area contributed by atoms with Gasteiger partial charge in [0.2, 0.25) is 0 Å². The lowest BCUT2D eigenvalue weighted by Crippen LogP contribution is -2.06. The summed E-state index contributed by atoms with van der Waals surface area (Å²) in [4.78, 5) is 0. The average molecular weight is 289 g/mol. The van der Waals surface area contributed by atoms with Crippen molar-refractivity contribution in [1.29, 1.82) is 0 Å². The van der Waals surface area contributed by atoms with Crippen molar-refractivity contribution in [3.05, 3.63) is 72.1 Å². The highest BCUT2D eigenvalue weighted by molar-refractivity contribution is 5.77. The number of allylic oxidation sites excluding steroid dienone is 1. The Bertz CT molecular complexity index is 706. The molecule has 0 aliphatic rings. The Morgan fingerprint density at radius 1 is 1.05 bits per heavy atom. The van der Waals surface area contributed by atoms with E-state index in [0.29, 0.717) is 5.69 Å². The summed E-state index contributed by atoms with van der Waals surface area (Å²) in [6.07, 6.45) is 1.08. The number of benzene rings is 2. The zero-order valence-corrected chi connectivity index (χ0v) is 11.5. The van der Waals surface area contributed by atoms with Crippen LogP contribution in [0.2, 0.25) is 0 Å². The molecule has 1 N–H and O–H groups in total. The number of rotatable bonds is 4. The lowest BCUT2D eigenvalue weighted by Gasteiger charge is -2.16. The predicted molar refractivity (Wildman–Crippen MR) is 80.8 cm³/mol. The summed E-state index contributed by atoms with van der Waals surface area (Å²) in [6, 6.07) is 8.41. The van der Waals surface area contributed by atoms with Gasteiger partial charge < -0.3 is 5.32 Å². The number of para-hydroxylation sites is 1. The van der Waals surface area contributed by atoms with Crippen LogP contribution in [0.1, 0.15) is 18.1 Å². The normalized spacial score (nSPS) is 10.3. The molecular formula is C17H14F3N. The molecule has 0 amide bonds. The fourth-order valence-corrected chi connectivity index (χ4v) is 2.06. The quantitative estimate of drug-likeness (QED) is 0.730. The first-order valence-corrected chi connectivity index (χ1v) is 6.28. The van der Waals surface area contributed by atoms with Crippen LogP contribution in [-0.4, -0.2) is 0 Å². The molecule has 4 heteroatoms. The van der Waals surface area contributed by atoms with Crippen molar-refractivity contribution >= 4 is 23.0 Å². The van der Waals surface area contributed by atoms with Gasteiger partial charge >= 0.3 is 0 Å². The molecule has 0 saturated heterocycles. The van der Waals surface area contributed by atoms with Crippen LogP contribution >= 0.6 is 0 Å². The molecule has 2 rings (SSSR count). The second-order valence-corrected chi connectivity index (χ2v) is 4.58. The first-order valence-electron chi connectivity index (χ1n) is 6.28. The zero-order valence-electron chi connectivity index (χ0n) is 11.5. The highest BCUT2D eigenvalue weighted by Crippen LogP contribution is 2.34. The lowest BCUT2D eigenvalue weighted by atomic mass is 9.98. The molecule has 21 heavy (non-hydrogen) atoms. The number of anilines is 2. The maximum atomic E-state index is 14.5. The summed E-state index contributed by atoms with van der Waals surface area (Å²) < 4.78 is 42.7. The molecular weight excluding hydrogens is 275 g/mol. The van der Waals surface area contributed by atoms with Gasteiger partial charge in [0.25, 0.3) is 0 Å². The fourth-order valence-electron chi connectivity index (χ4n) is 2.06. The van der Waals surface area contributed by atoms with E-state index in [2.05, 4.69) is 18.5 Å². The van der Waals surface area contributed by atoms with Gasteiger partial charge in [0.05, 0.1) is 0 Å². The lowest BCUT2D eigenvalue weighted by molar-refractivity contribution is 0.497. The van der Waals surface area contributed by atoms with Crippen molar-refractivity contribution in [3.8, 4) is 0 Å². The second kappa shape index (κ2) is 5.87. The predicted octanol–water partition coefficient (Wildman–Crippen LogP) is 5.52.